The Balaban J connectivity index is 1.96. The predicted octanol–water partition coefficient (Wildman–Crippen LogP) is 4.64. The molecule has 2 aromatic rings. The van der Waals surface area contributed by atoms with Crippen LogP contribution in [0.25, 0.3) is 0 Å². The van der Waals surface area contributed by atoms with Gasteiger partial charge >= 0.3 is 6.03 Å². The largest absolute Gasteiger partial charge is 0.490 e. The van der Waals surface area contributed by atoms with E-state index in [1.165, 1.54) is 11.4 Å². The SMILES string of the molecule is Cc1ccc(S(=O)(=O)N(C)C[C@@H]2OCCCC[C@@H](C)Oc3ccc(NC(=O)NC(C)C)cc3C(=O)N([C@H](C)CO)C[C@H]2C)cc1. The lowest BCUT2D eigenvalue weighted by Gasteiger charge is -2.35. The minimum Gasteiger partial charge on any atom is -0.490 e. The van der Waals surface area contributed by atoms with Crippen molar-refractivity contribution in [2.75, 3.05) is 38.7 Å². The Kier molecular flexibility index (Phi) is 13.2. The molecule has 0 saturated carbocycles. The summed E-state index contributed by atoms with van der Waals surface area (Å²) in [6, 6.07) is 10.7. The van der Waals surface area contributed by atoms with Gasteiger partial charge in [-0.25, -0.2) is 13.2 Å². The number of rotatable bonds is 8. The maximum Gasteiger partial charge on any atom is 0.319 e. The molecule has 0 spiro atoms. The number of urea groups is 1. The third-order valence-electron chi connectivity index (χ3n) is 7.90. The van der Waals surface area contributed by atoms with E-state index in [0.717, 1.165) is 18.4 Å². The van der Waals surface area contributed by atoms with Crippen LogP contribution in [-0.4, -0.2) is 92.3 Å². The lowest BCUT2D eigenvalue weighted by Crippen LogP contribution is -2.48. The number of benzene rings is 2. The van der Waals surface area contributed by atoms with Gasteiger partial charge in [-0.05, 0) is 84.2 Å². The summed E-state index contributed by atoms with van der Waals surface area (Å²) < 4.78 is 40.7. The Labute approximate surface area is 268 Å². The molecule has 3 N–H and O–H groups in total. The molecular formula is C33H50N4O7S. The van der Waals surface area contributed by atoms with Crippen molar-refractivity contribution >= 4 is 27.6 Å². The number of likely N-dealkylation sites (N-methyl/N-ethyl adjacent to an activating group) is 1. The highest BCUT2D eigenvalue weighted by Crippen LogP contribution is 2.29. The number of carbonyl (C=O) groups is 2. The van der Waals surface area contributed by atoms with Gasteiger partial charge in [-0.15, -0.1) is 0 Å². The van der Waals surface area contributed by atoms with Gasteiger partial charge in [0, 0.05) is 44.4 Å². The first-order chi connectivity index (χ1) is 21.2. The van der Waals surface area contributed by atoms with Crippen LogP contribution in [0, 0.1) is 12.8 Å². The molecule has 2 aromatic carbocycles. The summed E-state index contributed by atoms with van der Waals surface area (Å²) in [6.07, 6.45) is 1.55. The molecule has 250 valence electrons. The molecule has 3 amide bonds. The molecule has 0 bridgehead atoms. The first-order valence-electron chi connectivity index (χ1n) is 15.7. The molecule has 1 heterocycles. The Bertz CT molecular complexity index is 1380. The van der Waals surface area contributed by atoms with Crippen LogP contribution in [0.4, 0.5) is 10.5 Å². The summed E-state index contributed by atoms with van der Waals surface area (Å²) in [5, 5.41) is 15.7. The Morgan fingerprint density at radius 3 is 2.44 bits per heavy atom. The number of nitrogens with one attached hydrogen (secondary N) is 2. The molecule has 11 nitrogen and oxygen atoms in total. The highest BCUT2D eigenvalue weighted by molar-refractivity contribution is 7.89. The van der Waals surface area contributed by atoms with Crippen LogP contribution in [-0.2, 0) is 14.8 Å². The standard InChI is InChI=1S/C33H50N4O7S/c1-22(2)34-33(40)35-27-13-16-30-29(18-27)32(39)37(25(5)21-38)19-24(4)31(43-17-9-8-10-26(6)44-30)20-36(7)45(41,42)28-14-11-23(3)12-15-28/h11-16,18,22,24-26,31,38H,8-10,17,19-21H2,1-7H3,(H2,34,35,40)/t24-,25-,26-,31+/m1/s1. The van der Waals surface area contributed by atoms with Crippen molar-refractivity contribution in [1.29, 1.82) is 0 Å². The van der Waals surface area contributed by atoms with E-state index in [9.17, 15) is 23.1 Å². The number of carbonyl (C=O) groups excluding carboxylic acids is 2. The number of anilines is 1. The monoisotopic (exact) mass is 646 g/mol. The van der Waals surface area contributed by atoms with Gasteiger partial charge in [0.05, 0.1) is 35.3 Å². The summed E-state index contributed by atoms with van der Waals surface area (Å²) in [5.74, 6) is -0.295. The first kappa shape index (κ1) is 36.3. The lowest BCUT2D eigenvalue weighted by molar-refractivity contribution is -0.00833. The number of nitrogens with zero attached hydrogens (tertiary/aromatic N) is 2. The third kappa shape index (κ3) is 10.2. The predicted molar refractivity (Wildman–Crippen MR) is 175 cm³/mol. The number of aliphatic hydroxyl groups is 1. The second-order valence-corrected chi connectivity index (χ2v) is 14.4. The fraction of sp³-hybridized carbons (Fsp3) is 0.576. The maximum absolute atomic E-state index is 14.2. The van der Waals surface area contributed by atoms with Gasteiger partial charge in [-0.1, -0.05) is 24.6 Å². The molecule has 0 radical (unpaired) electrons. The number of aliphatic hydroxyl groups excluding tert-OH is 1. The van der Waals surface area contributed by atoms with Crippen molar-refractivity contribution in [2.45, 2.75) is 90.0 Å². The number of ether oxygens (including phenoxy) is 2. The second kappa shape index (κ2) is 16.4. The minimum atomic E-state index is -3.78. The van der Waals surface area contributed by atoms with Crippen molar-refractivity contribution in [1.82, 2.24) is 14.5 Å². The molecule has 3 rings (SSSR count). The minimum absolute atomic E-state index is 0.0726. The number of fused-ring (bicyclic) bond motifs is 1. The third-order valence-corrected chi connectivity index (χ3v) is 9.73. The average molecular weight is 647 g/mol. The summed E-state index contributed by atoms with van der Waals surface area (Å²) in [6.45, 7) is 11.6. The summed E-state index contributed by atoms with van der Waals surface area (Å²) in [7, 11) is -2.24. The summed E-state index contributed by atoms with van der Waals surface area (Å²) in [4.78, 5) is 28.4. The first-order valence-corrected chi connectivity index (χ1v) is 17.1. The highest BCUT2D eigenvalue weighted by Gasteiger charge is 2.32. The molecular weight excluding hydrogens is 596 g/mol. The molecule has 0 unspecified atom stereocenters. The zero-order valence-corrected chi connectivity index (χ0v) is 28.4. The highest BCUT2D eigenvalue weighted by atomic mass is 32.2. The maximum atomic E-state index is 14.2. The van der Waals surface area contributed by atoms with Gasteiger partial charge in [0.2, 0.25) is 10.0 Å². The zero-order chi connectivity index (χ0) is 33.3. The van der Waals surface area contributed by atoms with Crippen molar-refractivity contribution in [3.8, 4) is 5.75 Å². The zero-order valence-electron chi connectivity index (χ0n) is 27.6. The Morgan fingerprint density at radius 2 is 1.80 bits per heavy atom. The van der Waals surface area contributed by atoms with E-state index >= 15 is 0 Å². The smallest absolute Gasteiger partial charge is 0.319 e. The van der Waals surface area contributed by atoms with Crippen LogP contribution in [0.2, 0.25) is 0 Å². The molecule has 0 aromatic heterocycles. The normalized spacial score (nSPS) is 21.1. The van der Waals surface area contributed by atoms with Gasteiger partial charge in [-0.2, -0.15) is 4.31 Å². The van der Waals surface area contributed by atoms with E-state index in [0.29, 0.717) is 24.5 Å². The number of hydrogen-bond acceptors (Lipinski definition) is 7. The van der Waals surface area contributed by atoms with Crippen LogP contribution in [0.5, 0.6) is 5.75 Å². The number of aryl methyl sites for hydroxylation is 1. The van der Waals surface area contributed by atoms with E-state index in [2.05, 4.69) is 10.6 Å². The van der Waals surface area contributed by atoms with E-state index in [-0.39, 0.29) is 54.1 Å². The second-order valence-electron chi connectivity index (χ2n) is 12.4. The van der Waals surface area contributed by atoms with Crippen molar-refractivity contribution in [3.63, 3.8) is 0 Å². The van der Waals surface area contributed by atoms with Crippen molar-refractivity contribution in [2.24, 2.45) is 5.92 Å². The van der Waals surface area contributed by atoms with E-state index < -0.39 is 28.2 Å². The molecule has 12 heteroatoms. The molecule has 1 aliphatic heterocycles. The van der Waals surface area contributed by atoms with Gasteiger partial charge in [0.25, 0.3) is 5.91 Å². The van der Waals surface area contributed by atoms with Crippen molar-refractivity contribution in [3.05, 3.63) is 53.6 Å². The van der Waals surface area contributed by atoms with E-state index in [1.807, 2.05) is 34.6 Å². The van der Waals surface area contributed by atoms with Crippen LogP contribution in [0.15, 0.2) is 47.4 Å². The molecule has 45 heavy (non-hydrogen) atoms. The van der Waals surface area contributed by atoms with Crippen LogP contribution < -0.4 is 15.4 Å². The molecule has 0 saturated heterocycles. The van der Waals surface area contributed by atoms with Gasteiger partial charge in [0.15, 0.2) is 0 Å². The van der Waals surface area contributed by atoms with Crippen LogP contribution in [0.1, 0.15) is 69.8 Å². The fourth-order valence-electron chi connectivity index (χ4n) is 5.13. The van der Waals surface area contributed by atoms with Crippen LogP contribution in [0.3, 0.4) is 0 Å². The van der Waals surface area contributed by atoms with Gasteiger partial charge in [-0.3, -0.25) is 4.79 Å². The molecule has 1 aliphatic rings. The molecule has 0 aliphatic carbocycles. The Hall–Kier alpha value is -3.19. The van der Waals surface area contributed by atoms with Gasteiger partial charge in [0.1, 0.15) is 5.75 Å². The molecule has 0 fully saturated rings. The lowest BCUT2D eigenvalue weighted by atomic mass is 10.0. The Morgan fingerprint density at radius 1 is 1.11 bits per heavy atom. The number of sulfonamides is 1. The topological polar surface area (TPSA) is 138 Å². The summed E-state index contributed by atoms with van der Waals surface area (Å²) >= 11 is 0. The van der Waals surface area contributed by atoms with Gasteiger partial charge < -0.3 is 30.1 Å². The quantitative estimate of drug-likeness (QED) is 0.380. The van der Waals surface area contributed by atoms with E-state index in [4.69, 9.17) is 9.47 Å². The van der Waals surface area contributed by atoms with Crippen LogP contribution >= 0.6 is 0 Å². The average Bonchev–Trinajstić information content (AvgIpc) is 2.98. The van der Waals surface area contributed by atoms with E-state index in [1.54, 1.807) is 54.3 Å². The molecule has 4 atom stereocenters. The number of hydrogen-bond donors (Lipinski definition) is 3. The van der Waals surface area contributed by atoms with Crippen molar-refractivity contribution < 1.29 is 32.6 Å². The fourth-order valence-corrected chi connectivity index (χ4v) is 6.32. The number of amides is 3. The summed E-state index contributed by atoms with van der Waals surface area (Å²) in [5.41, 5.74) is 1.64.